The number of halogens is 2. The average Bonchev–Trinajstić information content (AvgIpc) is 3.13. The van der Waals surface area contributed by atoms with Crippen LogP contribution in [0.2, 0.25) is 0 Å². The van der Waals surface area contributed by atoms with Gasteiger partial charge in [0.25, 0.3) is 6.43 Å². The van der Waals surface area contributed by atoms with Gasteiger partial charge in [-0.3, -0.25) is 4.90 Å². The highest BCUT2D eigenvalue weighted by Crippen LogP contribution is 2.59. The van der Waals surface area contributed by atoms with E-state index in [0.717, 1.165) is 25.1 Å². The summed E-state index contributed by atoms with van der Waals surface area (Å²) in [6, 6.07) is 0. The van der Waals surface area contributed by atoms with Crippen LogP contribution in [0.1, 0.15) is 58.8 Å². The van der Waals surface area contributed by atoms with Crippen molar-refractivity contribution in [3.05, 3.63) is 35.5 Å². The number of alkyl halides is 2. The van der Waals surface area contributed by atoms with Crippen LogP contribution >= 0.6 is 0 Å². The molecule has 3 saturated carbocycles. The lowest BCUT2D eigenvalue weighted by atomic mass is 9.61. The van der Waals surface area contributed by atoms with Gasteiger partial charge in [0, 0.05) is 19.6 Å². The Morgan fingerprint density at radius 1 is 1.21 bits per heavy atom. The molecule has 6 heteroatoms. The molecule has 0 amide bonds. The Labute approximate surface area is 197 Å². The fourth-order valence-electron chi connectivity index (χ4n) is 7.22. The molecule has 33 heavy (non-hydrogen) atoms. The molecular weight excluding hydrogens is 424 g/mol. The number of hydrogen-bond donors (Lipinski definition) is 2. The molecule has 1 saturated heterocycles. The minimum atomic E-state index is -2.42. The summed E-state index contributed by atoms with van der Waals surface area (Å²) in [5, 5.41) is 20.3. The van der Waals surface area contributed by atoms with Gasteiger partial charge in [-0.1, -0.05) is 43.7 Å². The van der Waals surface area contributed by atoms with E-state index in [0.29, 0.717) is 49.3 Å². The Bertz CT molecular complexity index is 765. The first kappa shape index (κ1) is 25.0. The average molecular weight is 466 g/mol. The number of ether oxygens (including phenoxy) is 1. The third kappa shape index (κ3) is 5.29. The zero-order chi connectivity index (χ0) is 23.8. The third-order valence-corrected chi connectivity index (χ3v) is 9.03. The van der Waals surface area contributed by atoms with Gasteiger partial charge in [0.2, 0.25) is 0 Å². The maximum atomic E-state index is 13.1. The number of aliphatic hydroxyl groups excluding tert-OH is 2. The highest BCUT2D eigenvalue weighted by Gasteiger charge is 2.50. The van der Waals surface area contributed by atoms with E-state index < -0.39 is 24.7 Å². The molecule has 2 unspecified atom stereocenters. The molecule has 1 heterocycles. The van der Waals surface area contributed by atoms with Crippen molar-refractivity contribution in [3.63, 3.8) is 0 Å². The van der Waals surface area contributed by atoms with E-state index >= 15 is 0 Å². The summed E-state index contributed by atoms with van der Waals surface area (Å²) in [7, 11) is 0. The molecule has 0 radical (unpaired) electrons. The van der Waals surface area contributed by atoms with Crippen molar-refractivity contribution in [2.75, 3.05) is 26.2 Å². The van der Waals surface area contributed by atoms with Gasteiger partial charge in [0.15, 0.2) is 0 Å². The monoisotopic (exact) mass is 465 g/mol. The van der Waals surface area contributed by atoms with Crippen molar-refractivity contribution in [2.45, 2.75) is 83.5 Å². The molecule has 0 spiro atoms. The number of hydrogen-bond acceptors (Lipinski definition) is 4. The Balaban J connectivity index is 1.42. The highest BCUT2D eigenvalue weighted by molar-refractivity contribution is 5.29. The highest BCUT2D eigenvalue weighted by atomic mass is 19.3. The van der Waals surface area contributed by atoms with Crippen LogP contribution in [0.15, 0.2) is 35.5 Å². The zero-order valence-corrected chi connectivity index (χ0v) is 20.2. The largest absolute Gasteiger partial charge is 0.388 e. The van der Waals surface area contributed by atoms with Crippen LogP contribution in [0, 0.1) is 23.2 Å². The van der Waals surface area contributed by atoms with Crippen molar-refractivity contribution in [2.24, 2.45) is 23.2 Å². The summed E-state index contributed by atoms with van der Waals surface area (Å²) in [6.07, 6.45) is 6.73. The molecule has 3 aliphatic carbocycles. The van der Waals surface area contributed by atoms with Gasteiger partial charge in [-0.15, -0.1) is 0 Å². The number of rotatable bonds is 5. The van der Waals surface area contributed by atoms with Crippen LogP contribution in [0.5, 0.6) is 0 Å². The number of allylic oxidation sites excluding steroid dienone is 3. The Kier molecular flexibility index (Phi) is 7.79. The van der Waals surface area contributed by atoms with E-state index in [1.54, 1.807) is 0 Å². The molecule has 0 aromatic carbocycles. The second kappa shape index (κ2) is 10.3. The standard InChI is InChI=1S/C27H41F2NO3/c1-17(15-30-11-12-33-25(16-30)26(28)29)21-8-9-22-20(5-4-10-27(21,22)3)7-6-19-13-23(31)18(2)24(32)14-19/h6-7,17,21-26,31-32H,2,4-5,8-16H2,1,3H3/t17?,21-,22+,23-,24-,25?,27-/m1/s1. The van der Waals surface area contributed by atoms with E-state index in [-0.39, 0.29) is 5.41 Å². The van der Waals surface area contributed by atoms with Crippen LogP contribution in [-0.2, 0) is 4.74 Å². The predicted octanol–water partition coefficient (Wildman–Crippen LogP) is 4.73. The van der Waals surface area contributed by atoms with E-state index in [1.807, 2.05) is 0 Å². The SMILES string of the molecule is C=C1[C@H](O)CC(=CC=C2CCC[C@]3(C)[C@@H](C(C)CN4CCOC(C(F)F)C4)CC[C@@H]23)C[C@H]1O. The number of fused-ring (bicyclic) bond motifs is 1. The van der Waals surface area contributed by atoms with Crippen molar-refractivity contribution < 1.29 is 23.7 Å². The van der Waals surface area contributed by atoms with Gasteiger partial charge in [0.1, 0.15) is 6.10 Å². The third-order valence-electron chi connectivity index (χ3n) is 9.03. The molecule has 0 aromatic heterocycles. The van der Waals surface area contributed by atoms with Gasteiger partial charge in [-0.05, 0) is 73.7 Å². The topological polar surface area (TPSA) is 52.9 Å². The summed E-state index contributed by atoms with van der Waals surface area (Å²) in [4.78, 5) is 2.18. The molecule has 1 aliphatic heterocycles. The molecule has 4 nitrogen and oxygen atoms in total. The van der Waals surface area contributed by atoms with Crippen molar-refractivity contribution >= 4 is 0 Å². The first-order valence-corrected chi connectivity index (χ1v) is 12.7. The molecule has 0 bridgehead atoms. The molecule has 4 fully saturated rings. The lowest BCUT2D eigenvalue weighted by molar-refractivity contribution is -0.106. The smallest absolute Gasteiger partial charge is 0.265 e. The zero-order valence-electron chi connectivity index (χ0n) is 20.2. The number of nitrogens with zero attached hydrogens (tertiary/aromatic N) is 1. The van der Waals surface area contributed by atoms with E-state index in [9.17, 15) is 19.0 Å². The Hall–Kier alpha value is -1.08. The van der Waals surface area contributed by atoms with Crippen LogP contribution in [0.4, 0.5) is 8.78 Å². The Morgan fingerprint density at radius 3 is 2.64 bits per heavy atom. The molecule has 7 atom stereocenters. The molecule has 4 aliphatic rings. The van der Waals surface area contributed by atoms with Crippen LogP contribution in [0.3, 0.4) is 0 Å². The Morgan fingerprint density at radius 2 is 1.94 bits per heavy atom. The molecule has 0 aromatic rings. The maximum absolute atomic E-state index is 13.1. The lowest BCUT2D eigenvalue weighted by Gasteiger charge is -2.45. The van der Waals surface area contributed by atoms with Crippen molar-refractivity contribution in [3.8, 4) is 0 Å². The fraction of sp³-hybridized carbons (Fsp3) is 0.778. The van der Waals surface area contributed by atoms with Crippen molar-refractivity contribution in [1.29, 1.82) is 0 Å². The normalized spacial score (nSPS) is 40.3. The lowest BCUT2D eigenvalue weighted by Crippen LogP contribution is -2.48. The number of morpholine rings is 1. The van der Waals surface area contributed by atoms with Gasteiger partial charge in [-0.2, -0.15) is 0 Å². The van der Waals surface area contributed by atoms with Crippen molar-refractivity contribution in [1.82, 2.24) is 4.90 Å². The van der Waals surface area contributed by atoms with E-state index in [4.69, 9.17) is 4.74 Å². The van der Waals surface area contributed by atoms with Crippen LogP contribution < -0.4 is 0 Å². The quantitative estimate of drug-likeness (QED) is 0.577. The summed E-state index contributed by atoms with van der Waals surface area (Å²) >= 11 is 0. The first-order valence-electron chi connectivity index (χ1n) is 12.7. The van der Waals surface area contributed by atoms with Gasteiger partial charge >= 0.3 is 0 Å². The fourth-order valence-corrected chi connectivity index (χ4v) is 7.22. The molecule has 186 valence electrons. The van der Waals surface area contributed by atoms with Crippen LogP contribution in [-0.4, -0.2) is 66.1 Å². The summed E-state index contributed by atoms with van der Waals surface area (Å²) in [5.41, 5.74) is 3.36. The second-order valence-corrected chi connectivity index (χ2v) is 11.2. The van der Waals surface area contributed by atoms with Gasteiger partial charge in [-0.25, -0.2) is 8.78 Å². The summed E-state index contributed by atoms with van der Waals surface area (Å²) < 4.78 is 31.5. The number of aliphatic hydroxyl groups is 2. The molecule has 4 rings (SSSR count). The van der Waals surface area contributed by atoms with Gasteiger partial charge < -0.3 is 14.9 Å². The summed E-state index contributed by atoms with van der Waals surface area (Å²) in [6.45, 7) is 10.9. The molecular formula is C27H41F2NO3. The minimum absolute atomic E-state index is 0.246. The predicted molar refractivity (Wildman–Crippen MR) is 126 cm³/mol. The first-order chi connectivity index (χ1) is 15.7. The maximum Gasteiger partial charge on any atom is 0.265 e. The van der Waals surface area contributed by atoms with Gasteiger partial charge in [0.05, 0.1) is 18.8 Å². The van der Waals surface area contributed by atoms with Crippen LogP contribution in [0.25, 0.3) is 0 Å². The molecule has 2 N–H and O–H groups in total. The summed E-state index contributed by atoms with van der Waals surface area (Å²) in [5.74, 6) is 1.61. The van der Waals surface area contributed by atoms with E-state index in [1.165, 1.54) is 31.3 Å². The minimum Gasteiger partial charge on any atom is -0.388 e. The van der Waals surface area contributed by atoms with E-state index in [2.05, 4.69) is 37.5 Å². The second-order valence-electron chi connectivity index (χ2n) is 11.2.